The average Bonchev–Trinajstić information content (AvgIpc) is 2.28. The Hall–Kier alpha value is -1.76. The van der Waals surface area contributed by atoms with Crippen LogP contribution in [0, 0.1) is 6.92 Å². The smallest absolute Gasteiger partial charge is 0.0924 e. The standard InChI is InChI=1S/C15H18O/c1-12-7-5-10-15(11-12)13(2)8-6-9-14(3)16-4/h5-11H,2H2,1,3-4H3/b8-6-,14-9+. The van der Waals surface area contributed by atoms with Gasteiger partial charge in [-0.2, -0.15) is 0 Å². The molecule has 0 saturated carbocycles. The molecule has 0 amide bonds. The molecule has 0 atom stereocenters. The lowest BCUT2D eigenvalue weighted by Gasteiger charge is -2.01. The minimum atomic E-state index is 0.883. The molecular formula is C15H18O. The fourth-order valence-electron chi connectivity index (χ4n) is 1.31. The van der Waals surface area contributed by atoms with Crippen LogP contribution in [0.4, 0.5) is 0 Å². The van der Waals surface area contributed by atoms with Crippen LogP contribution in [-0.2, 0) is 4.74 Å². The summed E-state index contributed by atoms with van der Waals surface area (Å²) in [5.41, 5.74) is 3.40. The molecule has 1 nitrogen and oxygen atoms in total. The van der Waals surface area contributed by atoms with Gasteiger partial charge in [-0.25, -0.2) is 0 Å². The maximum Gasteiger partial charge on any atom is 0.0924 e. The zero-order chi connectivity index (χ0) is 12.0. The van der Waals surface area contributed by atoms with Gasteiger partial charge in [-0.1, -0.05) is 48.6 Å². The zero-order valence-corrected chi connectivity index (χ0v) is 10.2. The monoisotopic (exact) mass is 214 g/mol. The van der Waals surface area contributed by atoms with Crippen LogP contribution in [0.5, 0.6) is 0 Å². The zero-order valence-electron chi connectivity index (χ0n) is 10.2. The van der Waals surface area contributed by atoms with Crippen molar-refractivity contribution in [1.29, 1.82) is 0 Å². The van der Waals surface area contributed by atoms with Crippen molar-refractivity contribution in [1.82, 2.24) is 0 Å². The summed E-state index contributed by atoms with van der Waals surface area (Å²) in [5, 5.41) is 0. The number of allylic oxidation sites excluding steroid dienone is 5. The molecular weight excluding hydrogens is 196 g/mol. The molecule has 0 aliphatic heterocycles. The Morgan fingerprint density at radius 3 is 2.75 bits per heavy atom. The molecule has 0 bridgehead atoms. The number of aryl methyl sites for hydroxylation is 1. The van der Waals surface area contributed by atoms with E-state index in [1.165, 1.54) is 5.56 Å². The summed E-state index contributed by atoms with van der Waals surface area (Å²) < 4.78 is 5.04. The normalized spacial score (nSPS) is 11.8. The highest BCUT2D eigenvalue weighted by atomic mass is 16.5. The molecule has 0 aliphatic rings. The number of benzene rings is 1. The Morgan fingerprint density at radius 1 is 1.38 bits per heavy atom. The van der Waals surface area contributed by atoms with E-state index in [4.69, 9.17) is 4.74 Å². The maximum absolute atomic E-state index is 5.04. The van der Waals surface area contributed by atoms with E-state index < -0.39 is 0 Å². The fraction of sp³-hybridized carbons (Fsp3) is 0.200. The van der Waals surface area contributed by atoms with Crippen molar-refractivity contribution in [2.75, 3.05) is 7.11 Å². The maximum atomic E-state index is 5.04. The van der Waals surface area contributed by atoms with E-state index in [0.717, 1.165) is 16.9 Å². The first-order valence-corrected chi connectivity index (χ1v) is 5.28. The predicted molar refractivity (Wildman–Crippen MR) is 70.1 cm³/mol. The van der Waals surface area contributed by atoms with Crippen molar-refractivity contribution in [2.45, 2.75) is 13.8 Å². The number of ether oxygens (including phenoxy) is 1. The van der Waals surface area contributed by atoms with E-state index >= 15 is 0 Å². The van der Waals surface area contributed by atoms with E-state index in [9.17, 15) is 0 Å². The van der Waals surface area contributed by atoms with Gasteiger partial charge in [0.25, 0.3) is 0 Å². The summed E-state index contributed by atoms with van der Waals surface area (Å²) >= 11 is 0. The molecule has 0 aliphatic carbocycles. The first kappa shape index (κ1) is 12.3. The van der Waals surface area contributed by atoms with Gasteiger partial charge < -0.3 is 4.74 Å². The van der Waals surface area contributed by atoms with Crippen LogP contribution in [0.1, 0.15) is 18.1 Å². The molecule has 16 heavy (non-hydrogen) atoms. The van der Waals surface area contributed by atoms with Gasteiger partial charge in [0.15, 0.2) is 0 Å². The van der Waals surface area contributed by atoms with Gasteiger partial charge >= 0.3 is 0 Å². The number of hydrogen-bond acceptors (Lipinski definition) is 1. The lowest BCUT2D eigenvalue weighted by Crippen LogP contribution is -1.80. The SMILES string of the molecule is C=C(/C=C\C=C(/C)OC)c1cccc(C)c1. The van der Waals surface area contributed by atoms with Gasteiger partial charge in [-0.3, -0.25) is 0 Å². The molecule has 0 N–H and O–H groups in total. The van der Waals surface area contributed by atoms with Crippen LogP contribution < -0.4 is 0 Å². The lowest BCUT2D eigenvalue weighted by molar-refractivity contribution is 0.294. The summed E-state index contributed by atoms with van der Waals surface area (Å²) in [4.78, 5) is 0. The molecule has 1 aromatic rings. The Morgan fingerprint density at radius 2 is 2.12 bits per heavy atom. The Balaban J connectivity index is 2.73. The number of methoxy groups -OCH3 is 1. The molecule has 0 fully saturated rings. The summed E-state index contributed by atoms with van der Waals surface area (Å²) in [6.45, 7) is 8.03. The molecule has 0 heterocycles. The molecule has 1 aromatic carbocycles. The second-order valence-corrected chi connectivity index (χ2v) is 3.74. The molecule has 0 spiro atoms. The summed E-state index contributed by atoms with van der Waals surface area (Å²) in [6, 6.07) is 8.31. The number of hydrogen-bond donors (Lipinski definition) is 0. The topological polar surface area (TPSA) is 9.23 Å². The van der Waals surface area contributed by atoms with Gasteiger partial charge in [0.05, 0.1) is 12.9 Å². The molecule has 0 aromatic heterocycles. The van der Waals surface area contributed by atoms with Crippen molar-refractivity contribution < 1.29 is 4.74 Å². The molecule has 1 rings (SSSR count). The van der Waals surface area contributed by atoms with Crippen LogP contribution in [0.2, 0.25) is 0 Å². The highest BCUT2D eigenvalue weighted by Crippen LogP contribution is 2.15. The van der Waals surface area contributed by atoms with Gasteiger partial charge in [-0.05, 0) is 31.1 Å². The van der Waals surface area contributed by atoms with Crippen molar-refractivity contribution in [3.63, 3.8) is 0 Å². The fourth-order valence-corrected chi connectivity index (χ4v) is 1.31. The van der Waals surface area contributed by atoms with Crippen molar-refractivity contribution >= 4 is 5.57 Å². The molecule has 84 valence electrons. The molecule has 1 heteroatoms. The quantitative estimate of drug-likeness (QED) is 0.541. The van der Waals surface area contributed by atoms with Crippen molar-refractivity contribution in [3.05, 3.63) is 66.0 Å². The molecule has 0 radical (unpaired) electrons. The van der Waals surface area contributed by atoms with Crippen LogP contribution in [0.15, 0.2) is 54.8 Å². The Bertz CT molecular complexity index is 425. The Kier molecular flexibility index (Phi) is 4.59. The summed E-state index contributed by atoms with van der Waals surface area (Å²) in [6.07, 6.45) is 5.85. The highest BCUT2D eigenvalue weighted by molar-refractivity contribution is 5.72. The summed E-state index contributed by atoms with van der Waals surface area (Å²) in [5.74, 6) is 0.883. The third-order valence-electron chi connectivity index (χ3n) is 2.34. The van der Waals surface area contributed by atoms with E-state index in [0.29, 0.717) is 0 Å². The molecule has 0 saturated heterocycles. The first-order valence-electron chi connectivity index (χ1n) is 5.28. The lowest BCUT2D eigenvalue weighted by atomic mass is 10.0. The van der Waals surface area contributed by atoms with Crippen LogP contribution in [-0.4, -0.2) is 7.11 Å². The predicted octanol–water partition coefficient (Wildman–Crippen LogP) is 4.11. The van der Waals surface area contributed by atoms with E-state index in [2.05, 4.69) is 31.7 Å². The van der Waals surface area contributed by atoms with Gasteiger partial charge in [0, 0.05) is 0 Å². The van der Waals surface area contributed by atoms with Crippen molar-refractivity contribution in [3.8, 4) is 0 Å². The number of rotatable bonds is 4. The van der Waals surface area contributed by atoms with E-state index in [1.54, 1.807) is 7.11 Å². The summed E-state index contributed by atoms with van der Waals surface area (Å²) in [7, 11) is 1.66. The second-order valence-electron chi connectivity index (χ2n) is 3.74. The van der Waals surface area contributed by atoms with Gasteiger partial charge in [0.1, 0.15) is 0 Å². The van der Waals surface area contributed by atoms with Crippen molar-refractivity contribution in [2.24, 2.45) is 0 Å². The first-order chi connectivity index (χ1) is 7.63. The second kappa shape index (κ2) is 5.96. The van der Waals surface area contributed by atoms with Gasteiger partial charge in [-0.15, -0.1) is 0 Å². The largest absolute Gasteiger partial charge is 0.501 e. The molecule has 0 unspecified atom stereocenters. The van der Waals surface area contributed by atoms with E-state index in [-0.39, 0.29) is 0 Å². The highest BCUT2D eigenvalue weighted by Gasteiger charge is 1.94. The minimum Gasteiger partial charge on any atom is -0.501 e. The van der Waals surface area contributed by atoms with Crippen LogP contribution >= 0.6 is 0 Å². The average molecular weight is 214 g/mol. The van der Waals surface area contributed by atoms with Crippen LogP contribution in [0.3, 0.4) is 0 Å². The minimum absolute atomic E-state index is 0.883. The third-order valence-corrected chi connectivity index (χ3v) is 2.34. The third kappa shape index (κ3) is 3.77. The van der Waals surface area contributed by atoms with Gasteiger partial charge in [0.2, 0.25) is 0 Å². The Labute approximate surface area is 97.8 Å². The van der Waals surface area contributed by atoms with Crippen LogP contribution in [0.25, 0.3) is 5.57 Å². The van der Waals surface area contributed by atoms with E-state index in [1.807, 2.05) is 31.2 Å².